The third-order valence-corrected chi connectivity index (χ3v) is 4.16. The van der Waals surface area contributed by atoms with Gasteiger partial charge < -0.3 is 20.3 Å². The highest BCUT2D eigenvalue weighted by atomic mass is 16.5. The van der Waals surface area contributed by atoms with Crippen LogP contribution in [-0.2, 0) is 0 Å². The van der Waals surface area contributed by atoms with Crippen LogP contribution in [-0.4, -0.2) is 22.8 Å². The van der Waals surface area contributed by atoms with E-state index in [1.807, 2.05) is 32.0 Å². The Morgan fingerprint density at radius 2 is 1.96 bits per heavy atom. The van der Waals surface area contributed by atoms with Crippen molar-refractivity contribution < 1.29 is 14.4 Å². The summed E-state index contributed by atoms with van der Waals surface area (Å²) < 4.78 is 5.30. The van der Waals surface area contributed by atoms with Gasteiger partial charge in [-0.2, -0.15) is 0 Å². The molecule has 0 spiro atoms. The molecular formula is C18H23N3O3. The molecule has 1 aliphatic carbocycles. The molecule has 6 heteroatoms. The maximum absolute atomic E-state index is 12.1. The lowest BCUT2D eigenvalue weighted by Gasteiger charge is -2.14. The van der Waals surface area contributed by atoms with E-state index in [2.05, 4.69) is 15.8 Å². The number of rotatable bonds is 5. The average molecular weight is 329 g/mol. The smallest absolute Gasteiger partial charge is 0.319 e. The van der Waals surface area contributed by atoms with Gasteiger partial charge >= 0.3 is 6.03 Å². The van der Waals surface area contributed by atoms with Crippen molar-refractivity contribution in [2.45, 2.75) is 45.6 Å². The van der Waals surface area contributed by atoms with Crippen LogP contribution in [0.5, 0.6) is 0 Å². The Labute approximate surface area is 141 Å². The van der Waals surface area contributed by atoms with E-state index in [1.165, 1.54) is 0 Å². The molecule has 1 saturated carbocycles. The van der Waals surface area contributed by atoms with Crippen LogP contribution in [0, 0.1) is 20.8 Å². The summed E-state index contributed by atoms with van der Waals surface area (Å²) in [6.07, 6.45) is 1.38. The number of nitrogens with one attached hydrogen (secondary N) is 2. The second-order valence-corrected chi connectivity index (χ2v) is 6.55. The number of benzene rings is 1. The van der Waals surface area contributed by atoms with Gasteiger partial charge in [-0.3, -0.25) is 0 Å². The number of carbonyl (C=O) groups is 1. The second-order valence-electron chi connectivity index (χ2n) is 6.55. The fraction of sp³-hybridized carbons (Fsp3) is 0.444. The molecule has 24 heavy (non-hydrogen) atoms. The van der Waals surface area contributed by atoms with Crippen LogP contribution in [0.1, 0.15) is 53.0 Å². The number of aryl methyl sites for hydroxylation is 3. The number of nitrogens with zero attached hydrogens (tertiary/aromatic N) is 1. The predicted molar refractivity (Wildman–Crippen MR) is 91.1 cm³/mol. The first-order valence-electron chi connectivity index (χ1n) is 8.21. The molecule has 6 nitrogen and oxygen atoms in total. The lowest BCUT2D eigenvalue weighted by Crippen LogP contribution is -2.32. The van der Waals surface area contributed by atoms with Crippen molar-refractivity contribution in [3.63, 3.8) is 0 Å². The molecule has 0 aliphatic heterocycles. The molecule has 1 fully saturated rings. The Bertz CT molecular complexity index is 730. The number of carbonyl (C=O) groups excluding carboxylic acids is 1. The monoisotopic (exact) mass is 329 g/mol. The van der Waals surface area contributed by atoms with Gasteiger partial charge in [-0.25, -0.2) is 4.79 Å². The molecule has 3 rings (SSSR count). The molecule has 128 valence electrons. The van der Waals surface area contributed by atoms with Crippen molar-refractivity contribution in [2.75, 3.05) is 11.9 Å². The molecule has 1 aromatic heterocycles. The highest BCUT2D eigenvalue weighted by molar-refractivity contribution is 5.90. The van der Waals surface area contributed by atoms with Gasteiger partial charge in [0.2, 0.25) is 0 Å². The maximum atomic E-state index is 12.1. The molecule has 2 aromatic rings. The molecule has 0 saturated heterocycles. The van der Waals surface area contributed by atoms with Crippen LogP contribution >= 0.6 is 0 Å². The highest BCUT2D eigenvalue weighted by Gasteiger charge is 2.32. The number of hydrogen-bond acceptors (Lipinski definition) is 4. The Balaban J connectivity index is 1.58. The highest BCUT2D eigenvalue weighted by Crippen LogP contribution is 2.44. The van der Waals surface area contributed by atoms with Gasteiger partial charge in [0, 0.05) is 12.5 Å². The Morgan fingerprint density at radius 3 is 2.58 bits per heavy atom. The third kappa shape index (κ3) is 3.76. The number of aliphatic hydroxyl groups is 1. The topological polar surface area (TPSA) is 87.4 Å². The van der Waals surface area contributed by atoms with Crippen LogP contribution in [0.15, 0.2) is 22.7 Å². The minimum atomic E-state index is -0.749. The molecule has 0 bridgehead atoms. The average Bonchev–Trinajstić information content (AvgIpc) is 3.30. The molecule has 1 atom stereocenters. The first-order valence-corrected chi connectivity index (χ1v) is 8.21. The summed E-state index contributed by atoms with van der Waals surface area (Å²) in [6, 6.07) is 5.52. The fourth-order valence-corrected chi connectivity index (χ4v) is 2.83. The SMILES string of the molecule is Cc1cc(C)cc([C@@H](O)CNC(=O)Nc2c(C)noc2C2CC2)c1. The van der Waals surface area contributed by atoms with Gasteiger partial charge in [0.15, 0.2) is 5.76 Å². The summed E-state index contributed by atoms with van der Waals surface area (Å²) in [5, 5.41) is 19.7. The molecule has 0 unspecified atom stereocenters. The standard InChI is InChI=1S/C18H23N3O3/c1-10-6-11(2)8-14(7-10)15(22)9-19-18(23)20-16-12(3)21-24-17(16)13-4-5-13/h6-8,13,15,22H,4-5,9H2,1-3H3,(H2,19,20,23)/t15-/m0/s1. The summed E-state index contributed by atoms with van der Waals surface area (Å²) >= 11 is 0. The summed E-state index contributed by atoms with van der Waals surface area (Å²) in [5.74, 6) is 1.11. The van der Waals surface area contributed by atoms with Crippen LogP contribution in [0.4, 0.5) is 10.5 Å². The largest absolute Gasteiger partial charge is 0.387 e. The van der Waals surface area contributed by atoms with Gasteiger partial charge in [0.25, 0.3) is 0 Å². The molecular weight excluding hydrogens is 306 g/mol. The van der Waals surface area contributed by atoms with Crippen LogP contribution in [0.25, 0.3) is 0 Å². The second kappa shape index (κ2) is 6.65. The van der Waals surface area contributed by atoms with E-state index in [0.717, 1.165) is 35.3 Å². The minimum absolute atomic E-state index is 0.137. The normalized spacial score (nSPS) is 15.2. The maximum Gasteiger partial charge on any atom is 0.319 e. The number of aromatic nitrogens is 1. The van der Waals surface area contributed by atoms with Crippen molar-refractivity contribution in [3.05, 3.63) is 46.3 Å². The van der Waals surface area contributed by atoms with Gasteiger partial charge in [-0.1, -0.05) is 34.5 Å². The van der Waals surface area contributed by atoms with E-state index < -0.39 is 6.10 Å². The molecule has 3 N–H and O–H groups in total. The van der Waals surface area contributed by atoms with E-state index in [1.54, 1.807) is 6.92 Å². The number of aliphatic hydroxyl groups excluding tert-OH is 1. The van der Waals surface area contributed by atoms with Gasteiger partial charge in [-0.05, 0) is 39.2 Å². The summed E-state index contributed by atoms with van der Waals surface area (Å²) in [6.45, 7) is 5.90. The molecule has 0 radical (unpaired) electrons. The van der Waals surface area contributed by atoms with Crippen LogP contribution < -0.4 is 10.6 Å². The first-order chi connectivity index (χ1) is 11.4. The summed E-state index contributed by atoms with van der Waals surface area (Å²) in [7, 11) is 0. The molecule has 1 aromatic carbocycles. The van der Waals surface area contributed by atoms with Crippen molar-refractivity contribution in [2.24, 2.45) is 0 Å². The van der Waals surface area contributed by atoms with Crippen molar-refractivity contribution >= 4 is 11.7 Å². The number of anilines is 1. The Kier molecular flexibility index (Phi) is 4.57. The minimum Gasteiger partial charge on any atom is -0.387 e. The van der Waals surface area contributed by atoms with E-state index in [4.69, 9.17) is 4.52 Å². The number of amides is 2. The van der Waals surface area contributed by atoms with Crippen molar-refractivity contribution in [1.29, 1.82) is 0 Å². The molecule has 1 heterocycles. The number of hydrogen-bond donors (Lipinski definition) is 3. The zero-order chi connectivity index (χ0) is 17.3. The zero-order valence-electron chi connectivity index (χ0n) is 14.2. The van der Waals surface area contributed by atoms with Crippen LogP contribution in [0.3, 0.4) is 0 Å². The van der Waals surface area contributed by atoms with E-state index >= 15 is 0 Å². The first kappa shape index (κ1) is 16.5. The summed E-state index contributed by atoms with van der Waals surface area (Å²) in [4.78, 5) is 12.1. The van der Waals surface area contributed by atoms with E-state index in [0.29, 0.717) is 17.3 Å². The number of urea groups is 1. The van der Waals surface area contributed by atoms with Crippen molar-refractivity contribution in [1.82, 2.24) is 10.5 Å². The predicted octanol–water partition coefficient (Wildman–Crippen LogP) is 3.33. The lowest BCUT2D eigenvalue weighted by atomic mass is 10.0. The summed E-state index contributed by atoms with van der Waals surface area (Å²) in [5.41, 5.74) is 4.29. The van der Waals surface area contributed by atoms with E-state index in [9.17, 15) is 9.90 Å². The lowest BCUT2D eigenvalue weighted by molar-refractivity contribution is 0.175. The van der Waals surface area contributed by atoms with Crippen molar-refractivity contribution in [3.8, 4) is 0 Å². The third-order valence-electron chi connectivity index (χ3n) is 4.16. The quantitative estimate of drug-likeness (QED) is 0.785. The Hall–Kier alpha value is -2.34. The van der Waals surface area contributed by atoms with Gasteiger partial charge in [-0.15, -0.1) is 0 Å². The Morgan fingerprint density at radius 1 is 1.29 bits per heavy atom. The molecule has 1 aliphatic rings. The van der Waals surface area contributed by atoms with Gasteiger partial charge in [0.1, 0.15) is 11.4 Å². The van der Waals surface area contributed by atoms with Gasteiger partial charge in [0.05, 0.1) is 6.10 Å². The van der Waals surface area contributed by atoms with E-state index in [-0.39, 0.29) is 12.6 Å². The van der Waals surface area contributed by atoms with Crippen LogP contribution in [0.2, 0.25) is 0 Å². The molecule has 2 amide bonds. The fourth-order valence-electron chi connectivity index (χ4n) is 2.83. The zero-order valence-corrected chi connectivity index (χ0v) is 14.2.